The lowest BCUT2D eigenvalue weighted by atomic mass is 10.0. The van der Waals surface area contributed by atoms with Crippen LogP contribution < -0.4 is 10.1 Å². The third kappa shape index (κ3) is 3.08. The van der Waals surface area contributed by atoms with Crippen LogP contribution in [-0.2, 0) is 9.59 Å². The van der Waals surface area contributed by atoms with Gasteiger partial charge >= 0.3 is 0 Å². The van der Waals surface area contributed by atoms with Crippen molar-refractivity contribution < 1.29 is 14.3 Å². The molecule has 0 spiro atoms. The third-order valence-corrected chi connectivity index (χ3v) is 4.35. The maximum absolute atomic E-state index is 12.9. The number of amides is 2. The van der Waals surface area contributed by atoms with Gasteiger partial charge in [0, 0.05) is 17.8 Å². The van der Waals surface area contributed by atoms with Gasteiger partial charge in [0.15, 0.2) is 0 Å². The van der Waals surface area contributed by atoms with Gasteiger partial charge in [-0.1, -0.05) is 24.3 Å². The fourth-order valence-corrected chi connectivity index (χ4v) is 3.27. The highest BCUT2D eigenvalue weighted by Crippen LogP contribution is 2.35. The summed E-state index contributed by atoms with van der Waals surface area (Å²) in [5, 5.41) is 3.18. The van der Waals surface area contributed by atoms with Gasteiger partial charge in [-0.15, -0.1) is 0 Å². The molecule has 2 aromatic carbocycles. The van der Waals surface area contributed by atoms with E-state index in [1.807, 2.05) is 38.1 Å². The lowest BCUT2D eigenvalue weighted by Crippen LogP contribution is -2.32. The Morgan fingerprint density at radius 1 is 1.00 bits per heavy atom. The quantitative estimate of drug-likeness (QED) is 0.838. The monoisotopic (exact) mass is 350 g/mol. The van der Waals surface area contributed by atoms with Crippen molar-refractivity contribution in [1.82, 2.24) is 4.90 Å². The number of para-hydroxylation sites is 1. The Bertz CT molecular complexity index is 895. The summed E-state index contributed by atoms with van der Waals surface area (Å²) in [7, 11) is 1.55. The lowest BCUT2D eigenvalue weighted by Gasteiger charge is -2.12. The molecule has 0 atom stereocenters. The summed E-state index contributed by atoms with van der Waals surface area (Å²) < 4.78 is 5.40. The molecule has 0 unspecified atom stereocenters. The van der Waals surface area contributed by atoms with Crippen LogP contribution in [-0.4, -0.2) is 30.4 Å². The van der Waals surface area contributed by atoms with Crippen LogP contribution >= 0.6 is 0 Å². The molecule has 2 aromatic rings. The maximum atomic E-state index is 12.9. The molecule has 0 radical (unpaired) electrons. The molecule has 0 saturated heterocycles. The molecule has 5 nitrogen and oxygen atoms in total. The number of carbonyl (C=O) groups excluding carboxylic acids is 2. The summed E-state index contributed by atoms with van der Waals surface area (Å²) in [5.41, 5.74) is 4.17. The normalized spacial score (nSPS) is 14.2. The summed E-state index contributed by atoms with van der Waals surface area (Å²) >= 11 is 0. The minimum absolute atomic E-state index is 0.284. The first kappa shape index (κ1) is 17.7. The van der Waals surface area contributed by atoms with Gasteiger partial charge in [0.1, 0.15) is 11.4 Å². The standard InChI is InChI=1S/C21H22N2O3/c1-5-23-20(24)18(16-8-6-7-9-17(16)26-4)19(21(23)25)22-15-11-13(2)10-14(3)12-15/h6-12,22H,5H2,1-4H3. The zero-order chi connectivity index (χ0) is 18.8. The number of nitrogens with one attached hydrogen (secondary N) is 1. The van der Waals surface area contributed by atoms with Crippen molar-refractivity contribution in [3.05, 3.63) is 64.9 Å². The van der Waals surface area contributed by atoms with E-state index in [4.69, 9.17) is 4.74 Å². The summed E-state index contributed by atoms with van der Waals surface area (Å²) in [6, 6.07) is 13.2. The Kier molecular flexibility index (Phi) is 4.80. The van der Waals surface area contributed by atoms with Gasteiger partial charge in [-0.3, -0.25) is 14.5 Å². The van der Waals surface area contributed by atoms with Crippen LogP contribution in [0, 0.1) is 13.8 Å². The minimum Gasteiger partial charge on any atom is -0.496 e. The first-order valence-electron chi connectivity index (χ1n) is 8.55. The highest BCUT2D eigenvalue weighted by molar-refractivity contribution is 6.37. The second-order valence-electron chi connectivity index (χ2n) is 6.31. The van der Waals surface area contributed by atoms with Crippen LogP contribution in [0.15, 0.2) is 48.2 Å². The average molecular weight is 350 g/mol. The highest BCUT2D eigenvalue weighted by Gasteiger charge is 2.39. The molecule has 1 N–H and O–H groups in total. The second-order valence-corrected chi connectivity index (χ2v) is 6.31. The van der Waals surface area contributed by atoms with Crippen LogP contribution in [0.2, 0.25) is 0 Å². The summed E-state index contributed by atoms with van der Waals surface area (Å²) in [6.45, 7) is 6.09. The number of aryl methyl sites for hydroxylation is 2. The number of rotatable bonds is 5. The van der Waals surface area contributed by atoms with Crippen molar-refractivity contribution in [3.63, 3.8) is 0 Å². The molecule has 3 rings (SSSR count). The summed E-state index contributed by atoms with van der Waals surface area (Å²) in [5.74, 6) is -0.0761. The number of carbonyl (C=O) groups is 2. The Balaban J connectivity index is 2.16. The van der Waals surface area contributed by atoms with Crippen molar-refractivity contribution in [2.45, 2.75) is 20.8 Å². The average Bonchev–Trinajstić information content (AvgIpc) is 2.83. The van der Waals surface area contributed by atoms with Crippen molar-refractivity contribution in [3.8, 4) is 5.75 Å². The Hall–Kier alpha value is -3.08. The molecule has 1 aliphatic rings. The minimum atomic E-state index is -0.322. The van der Waals surface area contributed by atoms with Gasteiger partial charge in [0.25, 0.3) is 11.8 Å². The molecule has 2 amide bonds. The van der Waals surface area contributed by atoms with Crippen LogP contribution in [0.5, 0.6) is 5.75 Å². The fourth-order valence-electron chi connectivity index (χ4n) is 3.27. The van der Waals surface area contributed by atoms with Crippen molar-refractivity contribution >= 4 is 23.1 Å². The Morgan fingerprint density at radius 3 is 2.27 bits per heavy atom. The molecule has 0 fully saturated rings. The van der Waals surface area contributed by atoms with Crippen LogP contribution in [0.1, 0.15) is 23.6 Å². The number of nitrogens with zero attached hydrogens (tertiary/aromatic N) is 1. The van der Waals surface area contributed by atoms with E-state index in [0.29, 0.717) is 23.4 Å². The van der Waals surface area contributed by atoms with Gasteiger partial charge in [-0.25, -0.2) is 0 Å². The van der Waals surface area contributed by atoms with Crippen LogP contribution in [0.4, 0.5) is 5.69 Å². The first-order valence-corrected chi connectivity index (χ1v) is 8.55. The number of likely N-dealkylation sites (N-methyl/N-ethyl adjacent to an activating group) is 1. The van der Waals surface area contributed by atoms with Gasteiger partial charge in [-0.05, 0) is 50.1 Å². The molecule has 1 heterocycles. The Morgan fingerprint density at radius 2 is 1.65 bits per heavy atom. The van der Waals surface area contributed by atoms with Gasteiger partial charge in [0.05, 0.1) is 12.7 Å². The number of hydrogen-bond donors (Lipinski definition) is 1. The van der Waals surface area contributed by atoms with Gasteiger partial charge in [0.2, 0.25) is 0 Å². The predicted octanol–water partition coefficient (Wildman–Crippen LogP) is 3.52. The number of benzene rings is 2. The maximum Gasteiger partial charge on any atom is 0.278 e. The molecule has 0 saturated carbocycles. The first-order chi connectivity index (χ1) is 12.5. The van der Waals surface area contributed by atoms with Gasteiger partial charge < -0.3 is 10.1 Å². The lowest BCUT2D eigenvalue weighted by molar-refractivity contribution is -0.136. The smallest absolute Gasteiger partial charge is 0.278 e. The van der Waals surface area contributed by atoms with E-state index in [1.165, 1.54) is 4.90 Å². The molecular weight excluding hydrogens is 328 g/mol. The summed E-state index contributed by atoms with van der Waals surface area (Å²) in [4.78, 5) is 27.0. The summed E-state index contributed by atoms with van der Waals surface area (Å²) in [6.07, 6.45) is 0. The largest absolute Gasteiger partial charge is 0.496 e. The highest BCUT2D eigenvalue weighted by atomic mass is 16.5. The van der Waals surface area contributed by atoms with E-state index in [-0.39, 0.29) is 17.5 Å². The van der Waals surface area contributed by atoms with Crippen molar-refractivity contribution in [2.75, 3.05) is 19.0 Å². The van der Waals surface area contributed by atoms with Crippen molar-refractivity contribution in [1.29, 1.82) is 0 Å². The number of hydrogen-bond acceptors (Lipinski definition) is 4. The zero-order valence-corrected chi connectivity index (χ0v) is 15.4. The molecule has 5 heteroatoms. The van der Waals surface area contributed by atoms with E-state index in [9.17, 15) is 9.59 Å². The number of ether oxygens (including phenoxy) is 1. The molecule has 0 aromatic heterocycles. The molecule has 134 valence electrons. The second kappa shape index (κ2) is 7.04. The topological polar surface area (TPSA) is 58.6 Å². The predicted molar refractivity (Wildman–Crippen MR) is 102 cm³/mol. The number of anilines is 1. The number of methoxy groups -OCH3 is 1. The van der Waals surface area contributed by atoms with Crippen molar-refractivity contribution in [2.24, 2.45) is 0 Å². The Labute approximate surface area is 153 Å². The van der Waals surface area contributed by atoms with E-state index in [2.05, 4.69) is 11.4 Å². The molecule has 0 bridgehead atoms. The van der Waals surface area contributed by atoms with Gasteiger partial charge in [-0.2, -0.15) is 0 Å². The molecule has 26 heavy (non-hydrogen) atoms. The van der Waals surface area contributed by atoms with E-state index in [1.54, 1.807) is 26.2 Å². The fraction of sp³-hybridized carbons (Fsp3) is 0.238. The molecule has 0 aliphatic carbocycles. The van der Waals surface area contributed by atoms with E-state index < -0.39 is 0 Å². The van der Waals surface area contributed by atoms with Crippen LogP contribution in [0.25, 0.3) is 5.57 Å². The molecular formula is C21H22N2O3. The SMILES string of the molecule is CCN1C(=O)C(Nc2cc(C)cc(C)c2)=C(c2ccccc2OC)C1=O. The van der Waals surface area contributed by atoms with Crippen LogP contribution in [0.3, 0.4) is 0 Å². The zero-order valence-electron chi connectivity index (χ0n) is 15.4. The molecule has 1 aliphatic heterocycles. The third-order valence-electron chi connectivity index (χ3n) is 4.35. The van der Waals surface area contributed by atoms with E-state index >= 15 is 0 Å². The van der Waals surface area contributed by atoms with E-state index in [0.717, 1.165) is 16.8 Å². The number of imide groups is 1.